The normalized spacial score (nSPS) is 12.4. The maximum atomic E-state index is 12.7. The molecule has 0 heterocycles. The zero-order chi connectivity index (χ0) is 15.0. The highest BCUT2D eigenvalue weighted by Crippen LogP contribution is 2.44. The Kier molecular flexibility index (Phi) is 4.18. The lowest BCUT2D eigenvalue weighted by atomic mass is 10.0. The molecule has 0 fully saturated rings. The second-order valence-corrected chi connectivity index (χ2v) is 4.13. The molecule has 9 heteroatoms. The van der Waals surface area contributed by atoms with Crippen molar-refractivity contribution < 1.29 is 35.9 Å². The van der Waals surface area contributed by atoms with E-state index in [0.717, 1.165) is 7.11 Å². The van der Waals surface area contributed by atoms with Crippen molar-refractivity contribution >= 4 is 21.9 Å². The molecule has 0 unspecified atom stereocenters. The first-order valence-corrected chi connectivity index (χ1v) is 5.34. The van der Waals surface area contributed by atoms with Crippen LogP contribution in [-0.4, -0.2) is 13.1 Å². The van der Waals surface area contributed by atoms with E-state index in [1.165, 1.54) is 0 Å². The highest BCUT2D eigenvalue weighted by Gasteiger charge is 2.45. The minimum Gasteiger partial charge on any atom is -0.465 e. The van der Waals surface area contributed by atoms with E-state index >= 15 is 0 Å². The van der Waals surface area contributed by atoms with E-state index < -0.39 is 39.5 Å². The molecule has 2 nitrogen and oxygen atoms in total. The summed E-state index contributed by atoms with van der Waals surface area (Å²) in [7, 11) is 0.902. The summed E-state index contributed by atoms with van der Waals surface area (Å²) >= 11 is 2.38. The molecule has 0 aliphatic heterocycles. The molecule has 0 amide bonds. The number of methoxy groups -OCH3 is 1. The number of benzene rings is 1. The van der Waals surface area contributed by atoms with Gasteiger partial charge in [0.1, 0.15) is 0 Å². The Morgan fingerprint density at radius 2 is 1.63 bits per heavy atom. The lowest BCUT2D eigenvalue weighted by molar-refractivity contribution is -0.162. The third-order valence-electron chi connectivity index (χ3n) is 2.14. The standard InChI is InChI=1S/C10H5BrF6O2/c1-19-8(18)4-2-3-5(9(12,13)14)6(7(4)11)10(15,16)17/h2-3H,1H3. The quantitative estimate of drug-likeness (QED) is 0.558. The van der Waals surface area contributed by atoms with E-state index in [1.54, 1.807) is 0 Å². The Labute approximate surface area is 111 Å². The number of esters is 1. The molecule has 0 aliphatic carbocycles. The van der Waals surface area contributed by atoms with Crippen molar-refractivity contribution in [3.63, 3.8) is 0 Å². The number of hydrogen-bond donors (Lipinski definition) is 0. The summed E-state index contributed by atoms with van der Waals surface area (Å²) < 4.78 is 78.9. The van der Waals surface area contributed by atoms with Crippen LogP contribution in [0.15, 0.2) is 16.6 Å². The number of alkyl halides is 6. The van der Waals surface area contributed by atoms with Gasteiger partial charge in [-0.05, 0) is 28.1 Å². The minimum atomic E-state index is -5.27. The Balaban J connectivity index is 3.65. The van der Waals surface area contributed by atoms with Crippen LogP contribution in [0.5, 0.6) is 0 Å². The number of rotatable bonds is 1. The lowest BCUT2D eigenvalue weighted by Crippen LogP contribution is -2.19. The van der Waals surface area contributed by atoms with Crippen molar-refractivity contribution in [1.29, 1.82) is 0 Å². The van der Waals surface area contributed by atoms with E-state index in [2.05, 4.69) is 20.7 Å². The van der Waals surface area contributed by atoms with Crippen LogP contribution in [-0.2, 0) is 17.1 Å². The van der Waals surface area contributed by atoms with E-state index in [4.69, 9.17) is 0 Å². The summed E-state index contributed by atoms with van der Waals surface area (Å²) in [4.78, 5) is 11.2. The molecule has 1 aromatic rings. The topological polar surface area (TPSA) is 26.3 Å². The molecule has 0 aromatic heterocycles. The van der Waals surface area contributed by atoms with Gasteiger partial charge in [0.05, 0.1) is 23.8 Å². The van der Waals surface area contributed by atoms with Gasteiger partial charge < -0.3 is 4.74 Å². The summed E-state index contributed by atoms with van der Waals surface area (Å²) in [6.07, 6.45) is -10.5. The fraction of sp³-hybridized carbons (Fsp3) is 0.300. The van der Waals surface area contributed by atoms with Gasteiger partial charge in [-0.3, -0.25) is 0 Å². The van der Waals surface area contributed by atoms with Crippen LogP contribution in [0.1, 0.15) is 21.5 Å². The fourth-order valence-corrected chi connectivity index (χ4v) is 2.09. The largest absolute Gasteiger partial charge is 0.465 e. The maximum Gasteiger partial charge on any atom is 0.418 e. The van der Waals surface area contributed by atoms with Gasteiger partial charge in [-0.1, -0.05) is 0 Å². The van der Waals surface area contributed by atoms with E-state index in [9.17, 15) is 31.1 Å². The number of hydrogen-bond acceptors (Lipinski definition) is 2. The van der Waals surface area contributed by atoms with Crippen molar-refractivity contribution in [3.05, 3.63) is 33.3 Å². The van der Waals surface area contributed by atoms with Gasteiger partial charge in [0.15, 0.2) is 0 Å². The van der Waals surface area contributed by atoms with Crippen LogP contribution >= 0.6 is 15.9 Å². The van der Waals surface area contributed by atoms with Crippen LogP contribution < -0.4 is 0 Å². The SMILES string of the molecule is COC(=O)c1ccc(C(F)(F)F)c(C(F)(F)F)c1Br. The first-order valence-electron chi connectivity index (χ1n) is 4.55. The summed E-state index contributed by atoms with van der Waals surface area (Å²) in [6.45, 7) is 0. The molecule has 0 atom stereocenters. The summed E-state index contributed by atoms with van der Waals surface area (Å²) in [5.41, 5.74) is -4.47. The first kappa shape index (κ1) is 15.8. The minimum absolute atomic E-state index is 0.194. The molecule has 0 spiro atoms. The molecule has 106 valence electrons. The number of halogens is 7. The van der Waals surface area contributed by atoms with Gasteiger partial charge in [-0.15, -0.1) is 0 Å². The molecule has 19 heavy (non-hydrogen) atoms. The maximum absolute atomic E-state index is 12.7. The number of carbonyl (C=O) groups excluding carboxylic acids is 1. The van der Waals surface area contributed by atoms with Crippen LogP contribution in [0.25, 0.3) is 0 Å². The molecule has 0 radical (unpaired) electrons. The van der Waals surface area contributed by atoms with Gasteiger partial charge in [0.25, 0.3) is 0 Å². The zero-order valence-electron chi connectivity index (χ0n) is 9.12. The summed E-state index contributed by atoms with van der Waals surface area (Å²) in [6, 6.07) is 0.813. The molecular formula is C10H5BrF6O2. The third-order valence-corrected chi connectivity index (χ3v) is 2.96. The van der Waals surface area contributed by atoms with E-state index in [-0.39, 0.29) is 6.07 Å². The van der Waals surface area contributed by atoms with Gasteiger partial charge in [-0.25, -0.2) is 4.79 Å². The van der Waals surface area contributed by atoms with Gasteiger partial charge in [0.2, 0.25) is 0 Å². The van der Waals surface area contributed by atoms with Crippen molar-refractivity contribution in [1.82, 2.24) is 0 Å². The molecule has 0 aliphatic rings. The predicted molar refractivity (Wildman–Crippen MR) is 55.5 cm³/mol. The van der Waals surface area contributed by atoms with Crippen molar-refractivity contribution in [3.8, 4) is 0 Å². The van der Waals surface area contributed by atoms with E-state index in [1.807, 2.05) is 0 Å². The highest BCUT2D eigenvalue weighted by molar-refractivity contribution is 9.10. The Morgan fingerprint density at radius 3 is 2.00 bits per heavy atom. The van der Waals surface area contributed by atoms with Crippen LogP contribution in [0.4, 0.5) is 26.3 Å². The Bertz CT molecular complexity index is 506. The highest BCUT2D eigenvalue weighted by atomic mass is 79.9. The average molecular weight is 351 g/mol. The Hall–Kier alpha value is -1.25. The molecule has 0 bridgehead atoms. The summed E-state index contributed by atoms with van der Waals surface area (Å²) in [5, 5.41) is 0. The van der Waals surface area contributed by atoms with Gasteiger partial charge >= 0.3 is 18.3 Å². The zero-order valence-corrected chi connectivity index (χ0v) is 10.7. The molecule has 0 N–H and O–H groups in total. The number of ether oxygens (including phenoxy) is 1. The van der Waals surface area contributed by atoms with Crippen molar-refractivity contribution in [2.45, 2.75) is 12.4 Å². The summed E-state index contributed by atoms with van der Waals surface area (Å²) in [5.74, 6) is -1.17. The van der Waals surface area contributed by atoms with Crippen molar-refractivity contribution in [2.24, 2.45) is 0 Å². The smallest absolute Gasteiger partial charge is 0.418 e. The third kappa shape index (κ3) is 3.20. The monoisotopic (exact) mass is 350 g/mol. The van der Waals surface area contributed by atoms with E-state index in [0.29, 0.717) is 6.07 Å². The van der Waals surface area contributed by atoms with Gasteiger partial charge in [-0.2, -0.15) is 26.3 Å². The molecule has 0 saturated carbocycles. The fourth-order valence-electron chi connectivity index (χ4n) is 1.36. The second kappa shape index (κ2) is 5.03. The molecule has 1 rings (SSSR count). The van der Waals surface area contributed by atoms with Crippen molar-refractivity contribution in [2.75, 3.05) is 7.11 Å². The predicted octanol–water partition coefficient (Wildman–Crippen LogP) is 4.27. The number of carbonyl (C=O) groups is 1. The molecular weight excluding hydrogens is 346 g/mol. The van der Waals surface area contributed by atoms with Crippen LogP contribution in [0.2, 0.25) is 0 Å². The lowest BCUT2D eigenvalue weighted by Gasteiger charge is -2.18. The van der Waals surface area contributed by atoms with Crippen LogP contribution in [0, 0.1) is 0 Å². The second-order valence-electron chi connectivity index (χ2n) is 3.34. The van der Waals surface area contributed by atoms with Crippen LogP contribution in [0.3, 0.4) is 0 Å². The molecule has 1 aromatic carbocycles. The first-order chi connectivity index (χ1) is 8.50. The van der Waals surface area contributed by atoms with Gasteiger partial charge in [0, 0.05) is 4.47 Å². The molecule has 0 saturated heterocycles. The average Bonchev–Trinajstić information content (AvgIpc) is 2.24. The Morgan fingerprint density at radius 1 is 1.11 bits per heavy atom.